The van der Waals surface area contributed by atoms with Crippen LogP contribution in [0, 0.1) is 28.1 Å². The highest BCUT2D eigenvalue weighted by Gasteiger charge is 2.91. The minimum absolute atomic E-state index is 0.00415. The molecule has 1 aromatic heterocycles. The normalized spacial score (nSPS) is 53.8. The van der Waals surface area contributed by atoms with E-state index in [1.807, 2.05) is 41.5 Å². The van der Waals surface area contributed by atoms with E-state index in [9.17, 15) is 14.7 Å². The number of Topliss-reactive ketones (excluding diaryl/α,β-unsaturated/α-hetero) is 1. The molecular formula is C27H36O8. The fourth-order valence-electron chi connectivity index (χ4n) is 9.49. The van der Waals surface area contributed by atoms with Crippen molar-refractivity contribution in [3.63, 3.8) is 0 Å². The summed E-state index contributed by atoms with van der Waals surface area (Å²) >= 11 is 0. The van der Waals surface area contributed by atoms with Crippen LogP contribution in [0.1, 0.15) is 73.0 Å². The highest BCUT2D eigenvalue weighted by atomic mass is 16.7. The number of rotatable bonds is 3. The summed E-state index contributed by atoms with van der Waals surface area (Å²) < 4.78 is 30.4. The number of epoxide rings is 1. The lowest BCUT2D eigenvalue weighted by Gasteiger charge is -2.66. The van der Waals surface area contributed by atoms with E-state index in [0.29, 0.717) is 18.6 Å². The van der Waals surface area contributed by atoms with Gasteiger partial charge in [-0.05, 0) is 47.1 Å². The zero-order chi connectivity index (χ0) is 25.4. The number of carbonyl (C=O) groups excluding carboxylic acids is 2. The van der Waals surface area contributed by atoms with Gasteiger partial charge in [0.15, 0.2) is 11.9 Å². The van der Waals surface area contributed by atoms with Crippen molar-refractivity contribution in [1.82, 2.24) is 0 Å². The van der Waals surface area contributed by atoms with Crippen molar-refractivity contribution >= 4 is 11.8 Å². The molecule has 192 valence electrons. The van der Waals surface area contributed by atoms with Gasteiger partial charge in [-0.25, -0.2) is 4.79 Å². The molecular weight excluding hydrogens is 452 g/mol. The van der Waals surface area contributed by atoms with Crippen molar-refractivity contribution in [1.29, 1.82) is 0 Å². The first-order valence-corrected chi connectivity index (χ1v) is 12.7. The molecule has 1 aromatic rings. The quantitative estimate of drug-likeness (QED) is 0.508. The second-order valence-electron chi connectivity index (χ2n) is 12.5. The van der Waals surface area contributed by atoms with Crippen LogP contribution in [0.5, 0.6) is 0 Å². The van der Waals surface area contributed by atoms with E-state index < -0.39 is 63.4 Å². The van der Waals surface area contributed by atoms with Crippen LogP contribution >= 0.6 is 0 Å². The molecule has 2 saturated carbocycles. The SMILES string of the molecule is CCO[C@@]1(C)OC(C)(C)[C@@H]2CC(=O)[C@]3(C)[C@H]([C@@H](O)C[C@@]4(C)[C@@H](c5ccoc5)OC(=O)[C@H]5O[C@]543)[C@]21C. The lowest BCUT2D eigenvalue weighted by Crippen LogP contribution is -2.75. The third-order valence-corrected chi connectivity index (χ3v) is 10.8. The monoisotopic (exact) mass is 488 g/mol. The number of aliphatic hydroxyl groups excluding tert-OH is 1. The van der Waals surface area contributed by atoms with Gasteiger partial charge in [0.25, 0.3) is 0 Å². The van der Waals surface area contributed by atoms with Gasteiger partial charge in [-0.2, -0.15) is 0 Å². The number of carbonyl (C=O) groups is 2. The Balaban J connectivity index is 1.57. The second-order valence-corrected chi connectivity index (χ2v) is 12.5. The molecule has 5 aliphatic rings. The fraction of sp³-hybridized carbons (Fsp3) is 0.778. The molecule has 3 aliphatic heterocycles. The van der Waals surface area contributed by atoms with Crippen molar-refractivity contribution < 1.29 is 38.1 Å². The largest absolute Gasteiger partial charge is 0.472 e. The number of aliphatic hydroxyl groups is 1. The summed E-state index contributed by atoms with van der Waals surface area (Å²) in [6.45, 7) is 14.2. The summed E-state index contributed by atoms with van der Waals surface area (Å²) in [5, 5.41) is 12.0. The van der Waals surface area contributed by atoms with Crippen molar-refractivity contribution in [3.05, 3.63) is 24.2 Å². The van der Waals surface area contributed by atoms with Crippen LogP contribution in [-0.4, -0.2) is 52.7 Å². The van der Waals surface area contributed by atoms with Gasteiger partial charge >= 0.3 is 5.97 Å². The maximum absolute atomic E-state index is 14.3. The lowest BCUT2D eigenvalue weighted by molar-refractivity contribution is -0.306. The molecule has 6 rings (SSSR count). The van der Waals surface area contributed by atoms with Crippen LogP contribution in [0.25, 0.3) is 0 Å². The summed E-state index contributed by atoms with van der Waals surface area (Å²) in [6.07, 6.45) is 1.21. The first-order valence-electron chi connectivity index (χ1n) is 12.7. The van der Waals surface area contributed by atoms with E-state index in [2.05, 4.69) is 6.92 Å². The molecule has 0 radical (unpaired) electrons. The number of ketones is 1. The molecule has 2 aliphatic carbocycles. The van der Waals surface area contributed by atoms with Crippen LogP contribution < -0.4 is 0 Å². The molecule has 1 spiro atoms. The highest BCUT2D eigenvalue weighted by Crippen LogP contribution is 2.80. The second kappa shape index (κ2) is 6.57. The number of furan rings is 1. The van der Waals surface area contributed by atoms with Gasteiger partial charge in [0.1, 0.15) is 17.5 Å². The summed E-state index contributed by atoms with van der Waals surface area (Å²) in [5.74, 6) is -2.23. The van der Waals surface area contributed by atoms with Crippen LogP contribution in [0.15, 0.2) is 23.0 Å². The van der Waals surface area contributed by atoms with Gasteiger partial charge in [-0.3, -0.25) is 4.79 Å². The van der Waals surface area contributed by atoms with Crippen molar-refractivity contribution in [2.75, 3.05) is 6.61 Å². The van der Waals surface area contributed by atoms with Crippen molar-refractivity contribution in [2.24, 2.45) is 28.1 Å². The molecule has 5 fully saturated rings. The molecule has 8 nitrogen and oxygen atoms in total. The maximum atomic E-state index is 14.3. The summed E-state index contributed by atoms with van der Waals surface area (Å²) in [4.78, 5) is 27.5. The minimum Gasteiger partial charge on any atom is -0.472 e. The molecule has 3 saturated heterocycles. The van der Waals surface area contributed by atoms with Crippen LogP contribution in [0.3, 0.4) is 0 Å². The van der Waals surface area contributed by atoms with E-state index in [1.165, 1.54) is 6.26 Å². The summed E-state index contributed by atoms with van der Waals surface area (Å²) in [5.41, 5.74) is -3.75. The van der Waals surface area contributed by atoms with Gasteiger partial charge in [0.2, 0.25) is 0 Å². The molecule has 35 heavy (non-hydrogen) atoms. The number of hydrogen-bond donors (Lipinski definition) is 1. The Kier molecular flexibility index (Phi) is 4.44. The zero-order valence-electron chi connectivity index (χ0n) is 21.5. The van der Waals surface area contributed by atoms with Crippen molar-refractivity contribution in [2.45, 2.75) is 96.6 Å². The average molecular weight is 489 g/mol. The molecule has 0 amide bonds. The number of ether oxygens (including phenoxy) is 4. The Hall–Kier alpha value is -1.74. The number of fused-ring (bicyclic) bond motifs is 3. The standard InChI is InChI=1S/C27H36O8/c1-8-32-26(7)24(5)16(22(2,3)35-26)11-17(29)25(6)18(24)15(28)12-23(4)19(14-9-10-31-13-14)33-21(30)20-27(23,25)34-20/h9-10,13,15-16,18-20,28H,8,11-12H2,1-7H3/t15-,16-,18+,19+,20+,23-,24-,25+,26-,27+/m0/s1. The predicted molar refractivity (Wildman–Crippen MR) is 122 cm³/mol. The Morgan fingerprint density at radius 1 is 1.11 bits per heavy atom. The summed E-state index contributed by atoms with van der Waals surface area (Å²) in [6, 6.07) is 1.76. The first kappa shape index (κ1) is 23.6. The van der Waals surface area contributed by atoms with Crippen LogP contribution in [-0.2, 0) is 28.5 Å². The van der Waals surface area contributed by atoms with Gasteiger partial charge in [0, 0.05) is 41.3 Å². The number of hydrogen-bond acceptors (Lipinski definition) is 8. The Morgan fingerprint density at radius 3 is 2.46 bits per heavy atom. The molecule has 10 atom stereocenters. The Bertz CT molecular complexity index is 1100. The van der Waals surface area contributed by atoms with E-state index in [4.69, 9.17) is 23.4 Å². The molecule has 0 aromatic carbocycles. The first-order chi connectivity index (χ1) is 16.2. The fourth-order valence-corrected chi connectivity index (χ4v) is 9.49. The highest BCUT2D eigenvalue weighted by molar-refractivity contribution is 5.93. The van der Waals surface area contributed by atoms with E-state index >= 15 is 0 Å². The van der Waals surface area contributed by atoms with Gasteiger partial charge in [0.05, 0.1) is 29.6 Å². The Labute approximate surface area is 205 Å². The average Bonchev–Trinajstić information content (AvgIpc) is 3.28. The van der Waals surface area contributed by atoms with Gasteiger partial charge in [-0.1, -0.05) is 13.8 Å². The maximum Gasteiger partial charge on any atom is 0.339 e. The van der Waals surface area contributed by atoms with Crippen molar-refractivity contribution in [3.8, 4) is 0 Å². The third kappa shape index (κ3) is 2.34. The summed E-state index contributed by atoms with van der Waals surface area (Å²) in [7, 11) is 0. The van der Waals surface area contributed by atoms with Crippen LogP contribution in [0.2, 0.25) is 0 Å². The predicted octanol–water partition coefficient (Wildman–Crippen LogP) is 3.57. The zero-order valence-corrected chi connectivity index (χ0v) is 21.5. The van der Waals surface area contributed by atoms with Gasteiger partial charge in [-0.15, -0.1) is 0 Å². The van der Waals surface area contributed by atoms with E-state index in [1.54, 1.807) is 12.3 Å². The number of cyclic esters (lactones) is 1. The molecule has 8 heteroatoms. The molecule has 0 unspecified atom stereocenters. The topological polar surface area (TPSA) is 108 Å². The molecule has 1 N–H and O–H groups in total. The number of esters is 1. The van der Waals surface area contributed by atoms with Gasteiger partial charge < -0.3 is 28.5 Å². The molecule has 0 bridgehead atoms. The lowest BCUT2D eigenvalue weighted by atomic mass is 9.36. The van der Waals surface area contributed by atoms with E-state index in [-0.39, 0.29) is 18.1 Å². The minimum atomic E-state index is -1.15. The molecule has 4 heterocycles. The Morgan fingerprint density at radius 2 is 1.83 bits per heavy atom. The third-order valence-electron chi connectivity index (χ3n) is 10.8. The smallest absolute Gasteiger partial charge is 0.339 e. The van der Waals surface area contributed by atoms with E-state index in [0.717, 1.165) is 0 Å². The van der Waals surface area contributed by atoms with Crippen LogP contribution in [0.4, 0.5) is 0 Å².